The van der Waals surface area contributed by atoms with Crippen LogP contribution in [0, 0.1) is 0 Å². The van der Waals surface area contributed by atoms with Crippen molar-refractivity contribution in [3.63, 3.8) is 0 Å². The summed E-state index contributed by atoms with van der Waals surface area (Å²) in [7, 11) is -2.17. The molecule has 282 valence electrons. The third-order valence-corrected chi connectivity index (χ3v) is 13.4. The van der Waals surface area contributed by atoms with Gasteiger partial charge in [0.25, 0.3) is 14.1 Å². The number of ether oxygens (including phenoxy) is 3. The van der Waals surface area contributed by atoms with Crippen molar-refractivity contribution in [3.8, 4) is 11.5 Å². The van der Waals surface area contributed by atoms with Gasteiger partial charge in [0.15, 0.2) is 9.84 Å². The average Bonchev–Trinajstić information content (AvgIpc) is 3.81. The molecule has 12 nitrogen and oxygen atoms in total. The molecule has 54 heavy (non-hydrogen) atoms. The number of benzene rings is 4. The van der Waals surface area contributed by atoms with E-state index in [0.717, 1.165) is 29.5 Å². The molecule has 0 radical (unpaired) electrons. The molecule has 2 aliphatic heterocycles. The Bertz CT molecular complexity index is 2190. The number of H-pyrrole nitrogens is 1. The molecule has 0 spiro atoms. The number of hydrogen-bond acceptors (Lipinski definition) is 10. The monoisotopic (exact) mass is 771 g/mol. The summed E-state index contributed by atoms with van der Waals surface area (Å²) in [4.78, 5) is 27.6. The van der Waals surface area contributed by atoms with Crippen LogP contribution in [0.4, 0.5) is 0 Å². The lowest BCUT2D eigenvalue weighted by Crippen LogP contribution is -2.39. The first kappa shape index (κ1) is 37.7. The van der Waals surface area contributed by atoms with E-state index in [1.54, 1.807) is 44.6 Å². The fraction of sp³-hybridized carbons (Fsp3) is 0.300. The molecule has 7 rings (SSSR count). The molecule has 14 heteroatoms. The van der Waals surface area contributed by atoms with Gasteiger partial charge in [-0.05, 0) is 65.9 Å². The first-order chi connectivity index (χ1) is 26.2. The topological polar surface area (TPSA) is 138 Å². The maximum Gasteiger partial charge on any atom is 0.328 e. The number of fused-ring (bicyclic) bond motifs is 1. The number of aromatic amines is 1. The molecule has 0 saturated carbocycles. The van der Waals surface area contributed by atoms with E-state index in [9.17, 15) is 18.0 Å². The summed E-state index contributed by atoms with van der Waals surface area (Å²) in [5.74, 6) is 1.17. The molecule has 1 N–H and O–H groups in total. The van der Waals surface area contributed by atoms with Gasteiger partial charge < -0.3 is 23.3 Å². The molecule has 0 amide bonds. The van der Waals surface area contributed by atoms with Gasteiger partial charge in [-0.3, -0.25) is 14.3 Å². The molecule has 3 heterocycles. The highest BCUT2D eigenvalue weighted by Crippen LogP contribution is 2.57. The zero-order valence-electron chi connectivity index (χ0n) is 29.9. The maximum absolute atomic E-state index is 13.5. The summed E-state index contributed by atoms with van der Waals surface area (Å²) >= 11 is 0. The number of sulfone groups is 1. The Morgan fingerprint density at radius 2 is 1.43 bits per heavy atom. The minimum absolute atomic E-state index is 0.0133. The zero-order valence-corrected chi connectivity index (χ0v) is 31.7. The Morgan fingerprint density at radius 1 is 0.833 bits per heavy atom. The fourth-order valence-corrected chi connectivity index (χ4v) is 10.6. The predicted octanol–water partition coefficient (Wildman–Crippen LogP) is 5.51. The Morgan fingerprint density at radius 3 is 2.02 bits per heavy atom. The molecule has 2 saturated heterocycles. The van der Waals surface area contributed by atoms with Crippen molar-refractivity contribution >= 4 is 18.4 Å². The largest absolute Gasteiger partial charge is 0.497 e. The van der Waals surface area contributed by atoms with E-state index in [-0.39, 0.29) is 29.8 Å². The van der Waals surface area contributed by atoms with Gasteiger partial charge in [-0.1, -0.05) is 72.8 Å². The van der Waals surface area contributed by atoms with Crippen molar-refractivity contribution in [1.82, 2.24) is 14.2 Å². The molecule has 4 aromatic carbocycles. The number of nitrogens with zero attached hydrogens (tertiary/aromatic N) is 2. The van der Waals surface area contributed by atoms with Crippen LogP contribution in [-0.2, 0) is 35.8 Å². The van der Waals surface area contributed by atoms with Crippen LogP contribution in [0.25, 0.3) is 0 Å². The van der Waals surface area contributed by atoms with Crippen molar-refractivity contribution < 1.29 is 31.7 Å². The van der Waals surface area contributed by atoms with Crippen LogP contribution in [0.1, 0.15) is 29.5 Å². The summed E-state index contributed by atoms with van der Waals surface area (Å²) < 4.78 is 61.9. The van der Waals surface area contributed by atoms with Crippen molar-refractivity contribution in [3.05, 3.63) is 159 Å². The summed E-state index contributed by atoms with van der Waals surface area (Å²) in [5, 5.41) is 0. The second-order valence-electron chi connectivity index (χ2n) is 13.2. The minimum Gasteiger partial charge on any atom is -0.497 e. The van der Waals surface area contributed by atoms with Gasteiger partial charge in [0.2, 0.25) is 0 Å². The highest BCUT2D eigenvalue weighted by molar-refractivity contribution is 7.91. The molecular weight excluding hydrogens is 729 g/mol. The number of nitrogens with one attached hydrogen (secondary N) is 1. The molecule has 1 aromatic heterocycles. The summed E-state index contributed by atoms with van der Waals surface area (Å²) in [6.45, 7) is 0.654. The van der Waals surface area contributed by atoms with Crippen LogP contribution >= 0.6 is 8.53 Å². The van der Waals surface area contributed by atoms with Gasteiger partial charge >= 0.3 is 5.69 Å². The molecule has 1 unspecified atom stereocenters. The Labute approximate surface area is 315 Å². The molecule has 0 aliphatic carbocycles. The van der Waals surface area contributed by atoms with Gasteiger partial charge in [-0.25, -0.2) is 17.9 Å². The highest BCUT2D eigenvalue weighted by atomic mass is 32.2. The second kappa shape index (κ2) is 16.4. The van der Waals surface area contributed by atoms with E-state index in [4.69, 9.17) is 23.3 Å². The van der Waals surface area contributed by atoms with Crippen LogP contribution in [0.15, 0.2) is 136 Å². The van der Waals surface area contributed by atoms with Gasteiger partial charge in [0.1, 0.15) is 23.2 Å². The summed E-state index contributed by atoms with van der Waals surface area (Å²) in [5.41, 5.74) is 0.180. The number of rotatable bonds is 15. The smallest absolute Gasteiger partial charge is 0.328 e. The van der Waals surface area contributed by atoms with E-state index in [2.05, 4.69) is 9.65 Å². The average molecular weight is 772 g/mol. The normalized spacial score (nSPS) is 19.3. The third kappa shape index (κ3) is 7.93. The lowest BCUT2D eigenvalue weighted by atomic mass is 9.80. The third-order valence-electron chi connectivity index (χ3n) is 9.82. The lowest BCUT2D eigenvalue weighted by molar-refractivity contribution is -0.0363. The summed E-state index contributed by atoms with van der Waals surface area (Å²) in [6.07, 6.45) is 1.66. The predicted molar refractivity (Wildman–Crippen MR) is 204 cm³/mol. The zero-order chi connectivity index (χ0) is 37.7. The van der Waals surface area contributed by atoms with Crippen molar-refractivity contribution in [2.75, 3.05) is 33.1 Å². The number of methoxy groups -OCH3 is 2. The quantitative estimate of drug-likeness (QED) is 0.107. The van der Waals surface area contributed by atoms with Gasteiger partial charge in [-0.2, -0.15) is 0 Å². The molecule has 2 aliphatic rings. The standard InChI is InChI=1S/C40H42N3O9PS/c1-48-32-19-15-30(16-20-32)40(29-10-5-3-6-11-29,31-17-21-33(49-2)22-18-31)50-27-34(26-42-25-23-38(44)41-39(42)45)51-53-43-24-9-14-36(43)37(52-53)28-54(46,47)35-12-7-4-8-13-35/h3-8,10-13,15-23,25,34,36-37H,9,14,24,26-28H2,1-2H3,(H,41,44,45)/t34?,36-,37+,53-/m0/s1. The van der Waals surface area contributed by atoms with Crippen LogP contribution in [-0.4, -0.2) is 74.0 Å². The fourth-order valence-electron chi connectivity index (χ4n) is 7.12. The Kier molecular flexibility index (Phi) is 11.4. The van der Waals surface area contributed by atoms with Gasteiger partial charge in [-0.15, -0.1) is 0 Å². The van der Waals surface area contributed by atoms with E-state index in [0.29, 0.717) is 18.0 Å². The molecule has 2 fully saturated rings. The van der Waals surface area contributed by atoms with Crippen molar-refractivity contribution in [1.29, 1.82) is 0 Å². The highest BCUT2D eigenvalue weighted by Gasteiger charge is 2.49. The number of aromatic nitrogens is 2. The Balaban J connectivity index is 1.25. The van der Waals surface area contributed by atoms with Crippen molar-refractivity contribution in [2.45, 2.75) is 48.1 Å². The first-order valence-corrected chi connectivity index (χ1v) is 20.4. The second-order valence-corrected chi connectivity index (χ2v) is 16.6. The molecule has 5 aromatic rings. The van der Waals surface area contributed by atoms with Gasteiger partial charge in [0, 0.05) is 24.8 Å². The van der Waals surface area contributed by atoms with E-state index >= 15 is 0 Å². The van der Waals surface area contributed by atoms with E-state index in [1.165, 1.54) is 16.8 Å². The SMILES string of the molecule is COc1ccc(C(OCC(Cn2ccc(=O)[nH]c2=O)O[P@@]2O[C@H](CS(=O)(=O)c3ccccc3)[C@@H]3CCCN32)(c2ccccc2)c2ccc(OC)cc2)cc1. The lowest BCUT2D eigenvalue weighted by Gasteiger charge is -2.37. The van der Waals surface area contributed by atoms with Crippen molar-refractivity contribution in [2.24, 2.45) is 0 Å². The summed E-state index contributed by atoms with van der Waals surface area (Å²) in [6, 6.07) is 34.6. The Hall–Kier alpha value is -4.62. The van der Waals surface area contributed by atoms with Crippen LogP contribution < -0.4 is 20.7 Å². The number of hydrogen-bond donors (Lipinski definition) is 1. The van der Waals surface area contributed by atoms with E-state index < -0.39 is 47.4 Å². The van der Waals surface area contributed by atoms with Gasteiger partial charge in [0.05, 0.1) is 44.1 Å². The van der Waals surface area contributed by atoms with Crippen LogP contribution in [0.3, 0.4) is 0 Å². The van der Waals surface area contributed by atoms with Crippen LogP contribution in [0.2, 0.25) is 0 Å². The molecular formula is C40H42N3O9PS. The molecule has 0 bridgehead atoms. The minimum atomic E-state index is -3.64. The van der Waals surface area contributed by atoms with Crippen LogP contribution in [0.5, 0.6) is 11.5 Å². The molecule has 4 atom stereocenters. The van der Waals surface area contributed by atoms with E-state index in [1.807, 2.05) is 78.9 Å². The maximum atomic E-state index is 13.5. The first-order valence-electron chi connectivity index (χ1n) is 17.7.